The summed E-state index contributed by atoms with van der Waals surface area (Å²) >= 11 is 0. The quantitative estimate of drug-likeness (QED) is 0.518. The Morgan fingerprint density at radius 2 is 1.71 bits per heavy atom. The van der Waals surface area contributed by atoms with Gasteiger partial charge in [0.2, 0.25) is 6.79 Å². The SMILES string of the molecule is C[C@H](CO)N1C[C@H](C)[C@@H](CN(C)Cc2ccc3c(c2)OCO3)OCc2ccccc2-c2ccccc2C1=O. The molecule has 3 aromatic carbocycles. The van der Waals surface area contributed by atoms with Gasteiger partial charge in [0.1, 0.15) is 0 Å². The number of hydrogen-bond donors (Lipinski definition) is 1. The van der Waals surface area contributed by atoms with Gasteiger partial charge in [-0.1, -0.05) is 55.5 Å². The molecule has 0 aliphatic carbocycles. The van der Waals surface area contributed by atoms with Gasteiger partial charge >= 0.3 is 0 Å². The monoisotopic (exact) mass is 516 g/mol. The van der Waals surface area contributed by atoms with Gasteiger partial charge in [0.25, 0.3) is 5.91 Å². The zero-order chi connectivity index (χ0) is 26.6. The van der Waals surface area contributed by atoms with E-state index in [4.69, 9.17) is 14.2 Å². The zero-order valence-corrected chi connectivity index (χ0v) is 22.3. The van der Waals surface area contributed by atoms with Gasteiger partial charge in [0.05, 0.1) is 25.4 Å². The van der Waals surface area contributed by atoms with Gasteiger partial charge in [0, 0.05) is 31.1 Å². The predicted octanol–water partition coefficient (Wildman–Crippen LogP) is 4.57. The third-order valence-corrected chi connectivity index (χ3v) is 7.48. The van der Waals surface area contributed by atoms with Crippen LogP contribution in [-0.4, -0.2) is 66.5 Å². The number of likely N-dealkylation sites (N-methyl/N-ethyl adjacent to an activating group) is 1. The van der Waals surface area contributed by atoms with Gasteiger partial charge in [-0.25, -0.2) is 0 Å². The number of amides is 1. The lowest BCUT2D eigenvalue weighted by Crippen LogP contribution is -2.47. The van der Waals surface area contributed by atoms with Crippen LogP contribution in [0.3, 0.4) is 0 Å². The Kier molecular flexibility index (Phi) is 7.98. The maximum Gasteiger partial charge on any atom is 0.254 e. The summed E-state index contributed by atoms with van der Waals surface area (Å²) in [6.07, 6.45) is -0.135. The molecule has 0 radical (unpaired) electrons. The number of carbonyl (C=O) groups excluding carboxylic acids is 1. The summed E-state index contributed by atoms with van der Waals surface area (Å²) in [6, 6.07) is 21.6. The Balaban J connectivity index is 1.43. The van der Waals surface area contributed by atoms with E-state index in [2.05, 4.69) is 31.0 Å². The average molecular weight is 517 g/mol. The Labute approximate surface area is 224 Å². The topological polar surface area (TPSA) is 71.5 Å². The van der Waals surface area contributed by atoms with Crippen molar-refractivity contribution in [3.05, 3.63) is 83.4 Å². The molecule has 7 heteroatoms. The summed E-state index contributed by atoms with van der Waals surface area (Å²) in [7, 11) is 2.08. The molecule has 5 rings (SSSR count). The molecule has 0 aromatic heterocycles. The summed E-state index contributed by atoms with van der Waals surface area (Å²) in [6.45, 7) is 6.50. The Morgan fingerprint density at radius 1 is 1.00 bits per heavy atom. The summed E-state index contributed by atoms with van der Waals surface area (Å²) in [5, 5.41) is 10.0. The highest BCUT2D eigenvalue weighted by atomic mass is 16.7. The maximum atomic E-state index is 13.9. The van der Waals surface area contributed by atoms with Crippen LogP contribution in [0.2, 0.25) is 0 Å². The second kappa shape index (κ2) is 11.6. The molecule has 0 saturated heterocycles. The number of benzene rings is 3. The van der Waals surface area contributed by atoms with Gasteiger partial charge in [-0.15, -0.1) is 0 Å². The minimum atomic E-state index is -0.319. The van der Waals surface area contributed by atoms with Crippen molar-refractivity contribution in [2.45, 2.75) is 39.1 Å². The Bertz CT molecular complexity index is 1280. The second-order valence-electron chi connectivity index (χ2n) is 10.4. The standard InChI is InChI=1S/C31H36N2O5/c1-21-15-33(22(2)18-34)31(35)27-11-7-6-10-26(27)25-9-5-4-8-24(25)19-36-30(21)17-32(3)16-23-12-13-28-29(14-23)38-20-37-28/h4-14,21-22,30,34H,15-20H2,1-3H3/t21-,22+,30+/m0/s1. The first kappa shape index (κ1) is 26.2. The molecule has 200 valence electrons. The number of fused-ring (bicyclic) bond motifs is 4. The van der Waals surface area contributed by atoms with E-state index < -0.39 is 0 Å². The average Bonchev–Trinajstić information content (AvgIpc) is 3.40. The smallest absolute Gasteiger partial charge is 0.254 e. The molecule has 0 bridgehead atoms. The summed E-state index contributed by atoms with van der Waals surface area (Å²) in [5.74, 6) is 1.51. The van der Waals surface area contributed by atoms with Crippen LogP contribution in [0.1, 0.15) is 35.3 Å². The van der Waals surface area contributed by atoms with Crippen molar-refractivity contribution in [1.82, 2.24) is 9.80 Å². The number of hydrogen-bond acceptors (Lipinski definition) is 6. The zero-order valence-electron chi connectivity index (χ0n) is 22.3. The lowest BCUT2D eigenvalue weighted by atomic mass is 9.94. The van der Waals surface area contributed by atoms with Crippen molar-refractivity contribution in [2.75, 3.05) is 33.5 Å². The number of nitrogens with zero attached hydrogens (tertiary/aromatic N) is 2. The van der Waals surface area contributed by atoms with Crippen LogP contribution in [0.15, 0.2) is 66.7 Å². The Hall–Kier alpha value is -3.39. The van der Waals surface area contributed by atoms with E-state index >= 15 is 0 Å². The first-order chi connectivity index (χ1) is 18.4. The van der Waals surface area contributed by atoms with E-state index in [0.717, 1.165) is 40.3 Å². The highest BCUT2D eigenvalue weighted by molar-refractivity contribution is 6.01. The number of aliphatic hydroxyl groups excluding tert-OH is 1. The van der Waals surface area contributed by atoms with Crippen molar-refractivity contribution in [3.63, 3.8) is 0 Å². The van der Waals surface area contributed by atoms with Crippen LogP contribution in [0.5, 0.6) is 11.5 Å². The number of carbonyl (C=O) groups is 1. The number of aliphatic hydroxyl groups is 1. The van der Waals surface area contributed by atoms with E-state index in [-0.39, 0.29) is 37.4 Å². The molecule has 3 atom stereocenters. The maximum absolute atomic E-state index is 13.9. The molecule has 2 aliphatic rings. The minimum Gasteiger partial charge on any atom is -0.454 e. The highest BCUT2D eigenvalue weighted by Crippen LogP contribution is 2.33. The molecule has 0 saturated carbocycles. The van der Waals surface area contributed by atoms with Crippen molar-refractivity contribution in [3.8, 4) is 22.6 Å². The molecule has 2 aliphatic heterocycles. The first-order valence-corrected chi connectivity index (χ1v) is 13.2. The fraction of sp³-hybridized carbons (Fsp3) is 0.387. The molecular weight excluding hydrogens is 480 g/mol. The van der Waals surface area contributed by atoms with Gasteiger partial charge in [-0.2, -0.15) is 0 Å². The van der Waals surface area contributed by atoms with E-state index in [9.17, 15) is 9.90 Å². The van der Waals surface area contributed by atoms with E-state index in [1.807, 2.05) is 61.5 Å². The van der Waals surface area contributed by atoms with E-state index in [1.165, 1.54) is 0 Å². The third-order valence-electron chi connectivity index (χ3n) is 7.48. The molecular formula is C31H36N2O5. The third kappa shape index (κ3) is 5.55. The first-order valence-electron chi connectivity index (χ1n) is 13.2. The molecule has 0 unspecified atom stereocenters. The van der Waals surface area contributed by atoms with Gasteiger partial charge in [-0.05, 0) is 54.4 Å². The van der Waals surface area contributed by atoms with Gasteiger partial charge < -0.3 is 24.2 Å². The van der Waals surface area contributed by atoms with Crippen LogP contribution in [0.4, 0.5) is 0 Å². The fourth-order valence-corrected chi connectivity index (χ4v) is 5.27. The van der Waals surface area contributed by atoms with Crippen LogP contribution in [0.25, 0.3) is 11.1 Å². The summed E-state index contributed by atoms with van der Waals surface area (Å²) in [4.78, 5) is 18.0. The van der Waals surface area contributed by atoms with Crippen LogP contribution in [-0.2, 0) is 17.9 Å². The van der Waals surface area contributed by atoms with Gasteiger partial charge in [0.15, 0.2) is 11.5 Å². The number of rotatable bonds is 6. The van der Waals surface area contributed by atoms with Crippen LogP contribution in [0, 0.1) is 5.92 Å². The molecule has 3 aromatic rings. The van der Waals surface area contributed by atoms with Crippen molar-refractivity contribution in [2.24, 2.45) is 5.92 Å². The van der Waals surface area contributed by atoms with Crippen LogP contribution >= 0.6 is 0 Å². The fourth-order valence-electron chi connectivity index (χ4n) is 5.27. The molecule has 2 heterocycles. The lowest BCUT2D eigenvalue weighted by molar-refractivity contribution is -0.0241. The van der Waals surface area contributed by atoms with Crippen molar-refractivity contribution in [1.29, 1.82) is 0 Å². The molecule has 1 N–H and O–H groups in total. The molecule has 7 nitrogen and oxygen atoms in total. The highest BCUT2D eigenvalue weighted by Gasteiger charge is 2.30. The lowest BCUT2D eigenvalue weighted by Gasteiger charge is -2.35. The van der Waals surface area contributed by atoms with Gasteiger partial charge in [-0.3, -0.25) is 9.69 Å². The molecule has 0 fully saturated rings. The second-order valence-corrected chi connectivity index (χ2v) is 10.4. The Morgan fingerprint density at radius 3 is 2.50 bits per heavy atom. The number of ether oxygens (including phenoxy) is 3. The van der Waals surface area contributed by atoms with E-state index in [1.54, 1.807) is 4.90 Å². The largest absolute Gasteiger partial charge is 0.454 e. The predicted molar refractivity (Wildman–Crippen MR) is 146 cm³/mol. The molecule has 38 heavy (non-hydrogen) atoms. The summed E-state index contributed by atoms with van der Waals surface area (Å²) < 4.78 is 17.6. The van der Waals surface area contributed by atoms with Crippen molar-refractivity contribution >= 4 is 5.91 Å². The molecule has 1 amide bonds. The molecule has 0 spiro atoms. The van der Waals surface area contributed by atoms with Crippen molar-refractivity contribution < 1.29 is 24.1 Å². The van der Waals surface area contributed by atoms with Crippen LogP contribution < -0.4 is 9.47 Å². The van der Waals surface area contributed by atoms with E-state index in [0.29, 0.717) is 25.3 Å². The normalized spacial score (nSPS) is 20.0. The minimum absolute atomic E-state index is 0.0320. The summed E-state index contributed by atoms with van der Waals surface area (Å²) in [5.41, 5.74) is 4.71.